The molecular weight excluding hydrogens is 1920 g/mol. The third kappa shape index (κ3) is 25.6. The van der Waals surface area contributed by atoms with Crippen molar-refractivity contribution < 1.29 is 147 Å². The number of esters is 10. The summed E-state index contributed by atoms with van der Waals surface area (Å²) in [5, 5.41) is 1.17. The van der Waals surface area contributed by atoms with Gasteiger partial charge in [-0.25, -0.2) is 47.9 Å². The zero-order chi connectivity index (χ0) is 103. The minimum atomic E-state index is -3.50. The van der Waals surface area contributed by atoms with Crippen LogP contribution in [0.1, 0.15) is 137 Å². The molecule has 148 heavy (non-hydrogen) atoms. The Morgan fingerprint density at radius 1 is 0.236 bits per heavy atom. The van der Waals surface area contributed by atoms with Crippen LogP contribution in [0.25, 0.3) is 0 Å². The van der Waals surface area contributed by atoms with Gasteiger partial charge in [-0.15, -0.1) is 6.58 Å². The standard InChI is InChI=1S/C116H108O31Si/c1-5-6-43-68-127-111-96(143-106(122)79-54-29-12-30-55-79)91(138-101(117)74-44-19-7-20-45-74)86(133-111)69-128-112-97(144-107(123)80-56-31-13-32-57-80)92(139-102(118)75-46-21-8-22-47-75)87(134-112)70-129-113-98(145-108(124)81-58-33-14-34-59-81)93(140-103(119)76-48-23-9-24-49-76)88(135-113)71-130-114-99(146-109(125)82-60-35-15-36-61-82)94(141-104(120)77-50-25-10-26-51-77)89(136-114)72-131-115-100(147-110(126)83-62-37-16-38-63-83)95(142-105(121)78-52-27-11-28-53-78)90(137-115)73-132-148(116(2,3)4,84-64-39-17-40-65-84)85-66-41-18-42-67-85/h5,7-42,44-67,86-100,111-115H,1,6,43,68-73H2,2-4H3/t86-,87-,88-,89-,90-,91-,92-,93-,94-,95-,96+,97+,98+,99+,100+,111+,112+,113+,114+,115+/m1/s1. The van der Waals surface area contributed by atoms with Crippen LogP contribution in [-0.2, 0) is 99.2 Å². The van der Waals surface area contributed by atoms with E-state index < -0.39 is 222 Å². The highest BCUT2D eigenvalue weighted by atomic mass is 28.4. The Balaban J connectivity index is 0.724. The Morgan fingerprint density at radius 2 is 0.399 bits per heavy atom. The van der Waals surface area contributed by atoms with Gasteiger partial charge in [0, 0.05) is 0 Å². The number of hydrogen-bond acceptors (Lipinski definition) is 31. The summed E-state index contributed by atoms with van der Waals surface area (Å²) >= 11 is 0. The van der Waals surface area contributed by atoms with Crippen molar-refractivity contribution in [3.63, 3.8) is 0 Å². The second-order valence-electron chi connectivity index (χ2n) is 36.2. The van der Waals surface area contributed by atoms with Crippen molar-refractivity contribution in [2.45, 2.75) is 162 Å². The molecule has 20 atom stereocenters. The third-order valence-electron chi connectivity index (χ3n) is 25.3. The number of allylic oxidation sites excluding steroid dienone is 1. The summed E-state index contributed by atoms with van der Waals surface area (Å²) in [5.41, 5.74) is 0.580. The van der Waals surface area contributed by atoms with E-state index in [1.807, 2.05) is 60.7 Å². The van der Waals surface area contributed by atoms with E-state index in [2.05, 4.69) is 27.4 Å². The fourth-order valence-corrected chi connectivity index (χ4v) is 22.5. The monoisotopic (exact) mass is 2020 g/mol. The normalized spacial score (nSPS) is 23.9. The molecule has 0 radical (unpaired) electrons. The zero-order valence-corrected chi connectivity index (χ0v) is 81.8. The molecule has 12 aromatic carbocycles. The van der Waals surface area contributed by atoms with Gasteiger partial charge in [-0.3, -0.25) is 0 Å². The number of hydrogen-bond donors (Lipinski definition) is 0. The molecule has 0 amide bonds. The highest BCUT2D eigenvalue weighted by Gasteiger charge is 2.61. The summed E-state index contributed by atoms with van der Waals surface area (Å²) in [6.45, 7) is 6.84. The SMILES string of the molecule is C=CCCCO[C@H]1O[C@H](CO[C@H]2O[C@H](CO[C@H]3O[C@H](CO[C@H]4O[C@H](CO[C@H]5O[C@H](CO[Si](c6ccccc6)(c6ccccc6)C(C)(C)C)[C@@H](OC(=O)c6ccccc6)[C@@H]5OC(=O)c5ccccc5)[C@@H](OC(=O)c5ccccc5)[C@@H]4OC(=O)c4ccccc4)[C@@H](OC(=O)c4ccccc4)[C@@H]3OC(=O)c3ccccc3)[C@@H](OC(=O)c3ccccc3)[C@@H]2OC(=O)c2ccccc2)[C@@H](OC(=O)c2ccccc2)[C@@H]1OC(=O)c1ccccc1. The maximum atomic E-state index is 15.1. The molecule has 0 aromatic heterocycles. The van der Waals surface area contributed by atoms with Crippen molar-refractivity contribution in [3.8, 4) is 0 Å². The molecule has 31 nitrogen and oxygen atoms in total. The van der Waals surface area contributed by atoms with Crippen LogP contribution in [0.3, 0.4) is 0 Å². The number of rotatable bonds is 42. The summed E-state index contributed by atoms with van der Waals surface area (Å²) in [6, 6.07) is 98.5. The van der Waals surface area contributed by atoms with E-state index in [1.54, 1.807) is 200 Å². The van der Waals surface area contributed by atoms with E-state index in [1.165, 1.54) is 109 Å². The molecule has 0 N–H and O–H groups in total. The van der Waals surface area contributed by atoms with Gasteiger partial charge in [-0.1, -0.05) is 270 Å². The van der Waals surface area contributed by atoms with Crippen LogP contribution in [-0.4, -0.2) is 231 Å². The Kier molecular flexibility index (Phi) is 35.1. The van der Waals surface area contributed by atoms with Crippen molar-refractivity contribution in [1.29, 1.82) is 0 Å². The molecule has 5 fully saturated rings. The van der Waals surface area contributed by atoms with Crippen LogP contribution in [0, 0.1) is 0 Å². The van der Waals surface area contributed by atoms with Gasteiger partial charge < -0.3 is 99.2 Å². The van der Waals surface area contributed by atoms with Crippen LogP contribution in [0.5, 0.6) is 0 Å². The molecule has 0 spiro atoms. The Hall–Kier alpha value is -15.1. The topological polar surface area (TPSA) is 365 Å². The number of ether oxygens (including phenoxy) is 20. The molecular formula is C116H108O31Si. The average Bonchev–Trinajstić information content (AvgIpc) is 1.04. The first kappa shape index (κ1) is 104. The molecule has 0 unspecified atom stereocenters. The zero-order valence-electron chi connectivity index (χ0n) is 80.8. The Morgan fingerprint density at radius 3 is 0.574 bits per heavy atom. The number of benzene rings is 12. The minimum absolute atomic E-state index is 0.00267. The minimum Gasteiger partial charge on any atom is -0.452 e. The molecule has 32 heteroatoms. The van der Waals surface area contributed by atoms with Crippen molar-refractivity contribution in [2.75, 3.05) is 39.6 Å². The summed E-state index contributed by atoms with van der Waals surface area (Å²) in [7, 11) is -3.50. The number of carbonyl (C=O) groups excluding carboxylic acids is 10. The highest BCUT2D eigenvalue weighted by Crippen LogP contribution is 2.43. The molecule has 0 bridgehead atoms. The van der Waals surface area contributed by atoms with E-state index in [0.29, 0.717) is 12.8 Å². The maximum Gasteiger partial charge on any atom is 0.338 e. The number of unbranched alkanes of at least 4 members (excludes halogenated alkanes) is 1. The lowest BCUT2D eigenvalue weighted by molar-refractivity contribution is -0.227. The van der Waals surface area contributed by atoms with Gasteiger partial charge in [-0.05, 0) is 150 Å². The van der Waals surface area contributed by atoms with Gasteiger partial charge in [0.15, 0.2) is 92.5 Å². The van der Waals surface area contributed by atoms with E-state index in [9.17, 15) is 28.8 Å². The van der Waals surface area contributed by atoms with Crippen LogP contribution in [0.2, 0.25) is 5.04 Å². The summed E-state index contributed by atoms with van der Waals surface area (Å²) < 4.78 is 140. The van der Waals surface area contributed by atoms with Crippen LogP contribution in [0.15, 0.2) is 377 Å². The average molecular weight is 2030 g/mol. The largest absolute Gasteiger partial charge is 0.452 e. The fourth-order valence-electron chi connectivity index (χ4n) is 18.0. The summed E-state index contributed by atoms with van der Waals surface area (Å²) in [6.07, 6.45) is -30.7. The first-order valence-corrected chi connectivity index (χ1v) is 50.4. The first-order valence-electron chi connectivity index (χ1n) is 48.4. The molecule has 5 aliphatic rings. The van der Waals surface area contributed by atoms with Crippen molar-refractivity contribution in [3.05, 3.63) is 432 Å². The van der Waals surface area contributed by atoms with Crippen molar-refractivity contribution in [2.24, 2.45) is 0 Å². The van der Waals surface area contributed by atoms with Crippen LogP contribution < -0.4 is 10.4 Å². The van der Waals surface area contributed by atoms with Gasteiger partial charge in [0.25, 0.3) is 8.32 Å². The molecule has 762 valence electrons. The smallest absolute Gasteiger partial charge is 0.338 e. The van der Waals surface area contributed by atoms with Gasteiger partial charge in [0.05, 0.1) is 95.3 Å². The third-order valence-corrected chi connectivity index (χ3v) is 30.3. The molecule has 5 heterocycles. The summed E-state index contributed by atoms with van der Waals surface area (Å²) in [5.74, 6) is -9.24. The highest BCUT2D eigenvalue weighted by molar-refractivity contribution is 6.99. The van der Waals surface area contributed by atoms with Gasteiger partial charge in [0.2, 0.25) is 0 Å². The Labute approximate surface area is 854 Å². The molecule has 0 aliphatic carbocycles. The van der Waals surface area contributed by atoms with E-state index in [-0.39, 0.29) is 68.8 Å². The van der Waals surface area contributed by atoms with Gasteiger partial charge in [0.1, 0.15) is 30.5 Å². The predicted molar refractivity (Wildman–Crippen MR) is 533 cm³/mol. The lowest BCUT2D eigenvalue weighted by atomic mass is 10.1. The molecule has 17 rings (SSSR count). The van der Waals surface area contributed by atoms with E-state index >= 15 is 19.2 Å². The molecule has 0 saturated carbocycles. The second-order valence-corrected chi connectivity index (χ2v) is 40.5. The molecule has 5 aliphatic heterocycles. The van der Waals surface area contributed by atoms with Gasteiger partial charge in [-0.2, -0.15) is 0 Å². The second kappa shape index (κ2) is 49.8. The van der Waals surface area contributed by atoms with Crippen molar-refractivity contribution >= 4 is 78.4 Å². The molecule has 5 saturated heterocycles. The summed E-state index contributed by atoms with van der Waals surface area (Å²) in [4.78, 5) is 148. The predicted octanol–water partition coefficient (Wildman–Crippen LogP) is 15.5. The lowest BCUT2D eigenvalue weighted by Crippen LogP contribution is -2.67. The van der Waals surface area contributed by atoms with Crippen LogP contribution >= 0.6 is 0 Å². The quantitative estimate of drug-likeness (QED) is 0.0113. The number of carbonyl (C=O) groups is 10. The fraction of sp³-hybridized carbons (Fsp3) is 0.276. The molecule has 12 aromatic rings. The maximum absolute atomic E-state index is 15.1. The van der Waals surface area contributed by atoms with E-state index in [0.717, 1.165) is 10.4 Å². The Bertz CT molecular complexity index is 6310. The van der Waals surface area contributed by atoms with Gasteiger partial charge >= 0.3 is 59.7 Å². The van der Waals surface area contributed by atoms with Crippen LogP contribution in [0.4, 0.5) is 0 Å². The van der Waals surface area contributed by atoms with E-state index in [4.69, 9.17) is 99.2 Å². The van der Waals surface area contributed by atoms with Crippen molar-refractivity contribution in [1.82, 2.24) is 0 Å². The first-order chi connectivity index (χ1) is 72.1. The lowest BCUT2D eigenvalue weighted by Gasteiger charge is -2.43.